The maximum absolute atomic E-state index is 9.83. The largest absolute Gasteiger partial charge is 0.389 e. The number of hydrogen-bond acceptors (Lipinski definition) is 3. The number of rotatable bonds is 4. The van der Waals surface area contributed by atoms with Crippen LogP contribution in [0.15, 0.2) is 0 Å². The van der Waals surface area contributed by atoms with Gasteiger partial charge in [0.2, 0.25) is 0 Å². The first kappa shape index (κ1) is 12.0. The summed E-state index contributed by atoms with van der Waals surface area (Å²) in [5, 5.41) is 13.2. The third kappa shape index (κ3) is 3.95. The van der Waals surface area contributed by atoms with Gasteiger partial charge in [-0.3, -0.25) is 0 Å². The first-order chi connectivity index (χ1) is 6.53. The number of nitrogens with one attached hydrogen (secondary N) is 1. The lowest BCUT2D eigenvalue weighted by atomic mass is 9.91. The van der Waals surface area contributed by atoms with Crippen molar-refractivity contribution < 1.29 is 5.11 Å². The molecule has 1 fully saturated rings. The highest BCUT2D eigenvalue weighted by Gasteiger charge is 2.22. The van der Waals surface area contributed by atoms with Crippen molar-refractivity contribution >= 4 is 0 Å². The molecule has 0 spiro atoms. The summed E-state index contributed by atoms with van der Waals surface area (Å²) in [6, 6.07) is 0.865. The van der Waals surface area contributed by atoms with E-state index in [0.29, 0.717) is 18.6 Å². The zero-order chi connectivity index (χ0) is 10.6. The Balaban J connectivity index is 2.23. The van der Waals surface area contributed by atoms with E-state index >= 15 is 0 Å². The summed E-state index contributed by atoms with van der Waals surface area (Å²) in [6.45, 7) is 4.57. The summed E-state index contributed by atoms with van der Waals surface area (Å²) < 4.78 is 0. The Morgan fingerprint density at radius 2 is 2.21 bits per heavy atom. The van der Waals surface area contributed by atoms with Crippen LogP contribution in [0, 0.1) is 0 Å². The molecule has 1 aliphatic carbocycles. The highest BCUT2D eigenvalue weighted by atomic mass is 16.3. The molecule has 3 nitrogen and oxygen atoms in total. The van der Waals surface area contributed by atoms with Crippen molar-refractivity contribution in [3.63, 3.8) is 0 Å². The third-order valence-electron chi connectivity index (χ3n) is 3.25. The summed E-state index contributed by atoms with van der Waals surface area (Å²) in [7, 11) is 0. The zero-order valence-corrected chi connectivity index (χ0v) is 9.42. The van der Waals surface area contributed by atoms with Gasteiger partial charge in [-0.2, -0.15) is 0 Å². The molecule has 4 N–H and O–H groups in total. The van der Waals surface area contributed by atoms with Gasteiger partial charge in [0.15, 0.2) is 0 Å². The fraction of sp³-hybridized carbons (Fsp3) is 1.00. The monoisotopic (exact) mass is 200 g/mol. The summed E-state index contributed by atoms with van der Waals surface area (Å²) in [5.74, 6) is 0. The van der Waals surface area contributed by atoms with Crippen LogP contribution in [0.2, 0.25) is 0 Å². The summed E-state index contributed by atoms with van der Waals surface area (Å²) in [5.41, 5.74) is 5.33. The van der Waals surface area contributed by atoms with Crippen molar-refractivity contribution in [2.45, 2.75) is 63.6 Å². The van der Waals surface area contributed by atoms with E-state index in [9.17, 15) is 5.11 Å². The van der Waals surface area contributed by atoms with Crippen LogP contribution >= 0.6 is 0 Å². The quantitative estimate of drug-likeness (QED) is 0.634. The van der Waals surface area contributed by atoms with Gasteiger partial charge in [-0.25, -0.2) is 0 Å². The predicted molar refractivity (Wildman–Crippen MR) is 59.1 cm³/mol. The van der Waals surface area contributed by atoms with Crippen molar-refractivity contribution in [1.82, 2.24) is 5.32 Å². The van der Waals surface area contributed by atoms with Crippen LogP contribution in [0.1, 0.15) is 46.0 Å². The SMILES string of the molecule is CCC(C)(O)CNC1CCCC(N)C1. The predicted octanol–water partition coefficient (Wildman–Crippen LogP) is 1.01. The van der Waals surface area contributed by atoms with E-state index < -0.39 is 5.60 Å². The van der Waals surface area contributed by atoms with E-state index in [1.165, 1.54) is 12.8 Å². The molecule has 0 amide bonds. The van der Waals surface area contributed by atoms with E-state index in [1.807, 2.05) is 13.8 Å². The molecule has 3 unspecified atom stereocenters. The van der Waals surface area contributed by atoms with E-state index in [-0.39, 0.29) is 0 Å². The molecule has 0 radical (unpaired) electrons. The second kappa shape index (κ2) is 5.10. The molecular formula is C11H24N2O. The lowest BCUT2D eigenvalue weighted by Crippen LogP contribution is -2.45. The van der Waals surface area contributed by atoms with E-state index in [2.05, 4.69) is 5.32 Å². The fourth-order valence-corrected chi connectivity index (χ4v) is 1.90. The molecule has 0 aromatic rings. The number of nitrogens with two attached hydrogens (primary N) is 1. The average Bonchev–Trinajstić information content (AvgIpc) is 2.15. The zero-order valence-electron chi connectivity index (χ0n) is 9.42. The minimum atomic E-state index is -0.568. The lowest BCUT2D eigenvalue weighted by Gasteiger charge is -2.31. The van der Waals surface area contributed by atoms with Gasteiger partial charge in [0.05, 0.1) is 5.60 Å². The summed E-state index contributed by atoms with van der Waals surface area (Å²) >= 11 is 0. The van der Waals surface area contributed by atoms with Gasteiger partial charge in [-0.05, 0) is 32.6 Å². The molecule has 0 bridgehead atoms. The molecule has 0 saturated heterocycles. The molecule has 0 aliphatic heterocycles. The Hall–Kier alpha value is -0.120. The van der Waals surface area contributed by atoms with Crippen LogP contribution in [0.5, 0.6) is 0 Å². The smallest absolute Gasteiger partial charge is 0.0741 e. The van der Waals surface area contributed by atoms with Gasteiger partial charge < -0.3 is 16.2 Å². The standard InChI is InChI=1S/C11H24N2O/c1-3-11(2,14)8-13-10-6-4-5-9(12)7-10/h9-10,13-14H,3-8,12H2,1-2H3. The van der Waals surface area contributed by atoms with Gasteiger partial charge >= 0.3 is 0 Å². The van der Waals surface area contributed by atoms with Gasteiger partial charge in [0, 0.05) is 18.6 Å². The first-order valence-electron chi connectivity index (χ1n) is 5.75. The van der Waals surface area contributed by atoms with Crippen LogP contribution in [-0.4, -0.2) is 29.3 Å². The molecule has 1 saturated carbocycles. The fourth-order valence-electron chi connectivity index (χ4n) is 1.90. The van der Waals surface area contributed by atoms with Gasteiger partial charge in [-0.15, -0.1) is 0 Å². The molecule has 84 valence electrons. The Morgan fingerprint density at radius 3 is 2.79 bits per heavy atom. The van der Waals surface area contributed by atoms with Crippen molar-refractivity contribution in [1.29, 1.82) is 0 Å². The highest BCUT2D eigenvalue weighted by Crippen LogP contribution is 2.17. The molecule has 0 aromatic carbocycles. The van der Waals surface area contributed by atoms with Crippen molar-refractivity contribution in [2.75, 3.05) is 6.54 Å². The molecule has 0 aromatic heterocycles. The molecule has 1 rings (SSSR count). The lowest BCUT2D eigenvalue weighted by molar-refractivity contribution is 0.0509. The Morgan fingerprint density at radius 1 is 1.50 bits per heavy atom. The number of hydrogen-bond donors (Lipinski definition) is 3. The maximum Gasteiger partial charge on any atom is 0.0741 e. The topological polar surface area (TPSA) is 58.3 Å². The Labute approximate surface area is 87.1 Å². The molecular weight excluding hydrogens is 176 g/mol. The molecule has 1 aliphatic rings. The van der Waals surface area contributed by atoms with Crippen LogP contribution in [0.25, 0.3) is 0 Å². The molecule has 3 heteroatoms. The summed E-state index contributed by atoms with van der Waals surface area (Å²) in [6.07, 6.45) is 5.42. The highest BCUT2D eigenvalue weighted by molar-refractivity contribution is 4.83. The molecule has 3 atom stereocenters. The van der Waals surface area contributed by atoms with Crippen molar-refractivity contribution in [3.8, 4) is 0 Å². The van der Waals surface area contributed by atoms with Gasteiger partial charge in [-0.1, -0.05) is 13.3 Å². The summed E-state index contributed by atoms with van der Waals surface area (Å²) in [4.78, 5) is 0. The average molecular weight is 200 g/mol. The van der Waals surface area contributed by atoms with Gasteiger partial charge in [0.25, 0.3) is 0 Å². The molecule has 0 heterocycles. The first-order valence-corrected chi connectivity index (χ1v) is 5.75. The second-order valence-electron chi connectivity index (χ2n) is 4.86. The maximum atomic E-state index is 9.83. The van der Waals surface area contributed by atoms with Crippen LogP contribution in [0.4, 0.5) is 0 Å². The van der Waals surface area contributed by atoms with Crippen LogP contribution in [0.3, 0.4) is 0 Å². The van der Waals surface area contributed by atoms with Gasteiger partial charge in [0.1, 0.15) is 0 Å². The minimum absolute atomic E-state index is 0.354. The Bertz CT molecular complexity index is 171. The van der Waals surface area contributed by atoms with E-state index in [4.69, 9.17) is 5.73 Å². The second-order valence-corrected chi connectivity index (χ2v) is 4.86. The van der Waals surface area contributed by atoms with E-state index in [1.54, 1.807) is 0 Å². The van der Waals surface area contributed by atoms with Crippen molar-refractivity contribution in [2.24, 2.45) is 5.73 Å². The van der Waals surface area contributed by atoms with Crippen LogP contribution in [-0.2, 0) is 0 Å². The third-order valence-corrected chi connectivity index (χ3v) is 3.25. The van der Waals surface area contributed by atoms with Crippen molar-refractivity contribution in [3.05, 3.63) is 0 Å². The molecule has 14 heavy (non-hydrogen) atoms. The Kier molecular flexibility index (Phi) is 4.35. The van der Waals surface area contributed by atoms with Crippen LogP contribution < -0.4 is 11.1 Å². The normalized spacial score (nSPS) is 32.6. The van der Waals surface area contributed by atoms with E-state index in [0.717, 1.165) is 19.3 Å². The minimum Gasteiger partial charge on any atom is -0.389 e. The number of aliphatic hydroxyl groups is 1.